The molecule has 0 spiro atoms. The number of pyridine rings is 1. The molecule has 1 N–H and O–H groups in total. The molecule has 0 saturated carbocycles. The van der Waals surface area contributed by atoms with Gasteiger partial charge in [-0.15, -0.1) is 4.68 Å². The van der Waals surface area contributed by atoms with Crippen LogP contribution >= 0.6 is 0 Å². The number of aromatic nitrogens is 3. The fourth-order valence-corrected chi connectivity index (χ4v) is 1.42. The van der Waals surface area contributed by atoms with Gasteiger partial charge in [0.1, 0.15) is 11.8 Å². The minimum atomic E-state index is -1.51. The largest absolute Gasteiger partial charge is 0.477 e. The second-order valence-corrected chi connectivity index (χ2v) is 3.50. The first kappa shape index (κ1) is 13.1. The normalized spacial score (nSPS) is 10.2. The third-order valence-electron chi connectivity index (χ3n) is 2.29. The van der Waals surface area contributed by atoms with Crippen molar-refractivity contribution in [3.8, 4) is 5.82 Å². The van der Waals surface area contributed by atoms with Gasteiger partial charge in [-0.25, -0.2) is 9.78 Å². The van der Waals surface area contributed by atoms with Gasteiger partial charge in [0.05, 0.1) is 22.3 Å². The molecule has 11 nitrogen and oxygen atoms in total. The summed E-state index contributed by atoms with van der Waals surface area (Å²) < 4.78 is 0.953. The zero-order valence-corrected chi connectivity index (χ0v) is 9.53. The minimum absolute atomic E-state index is 0.0823. The van der Waals surface area contributed by atoms with E-state index in [0.29, 0.717) is 0 Å². The van der Waals surface area contributed by atoms with Crippen LogP contribution in [0, 0.1) is 20.2 Å². The Morgan fingerprint density at radius 2 is 2.00 bits per heavy atom. The third kappa shape index (κ3) is 2.27. The van der Waals surface area contributed by atoms with Gasteiger partial charge in [-0.3, -0.25) is 10.1 Å². The lowest BCUT2D eigenvalue weighted by molar-refractivity contribution is -0.389. The van der Waals surface area contributed by atoms with E-state index < -0.39 is 32.9 Å². The summed E-state index contributed by atoms with van der Waals surface area (Å²) in [4.78, 5) is 34.1. The van der Waals surface area contributed by atoms with Gasteiger partial charge in [0.2, 0.25) is 0 Å². The first-order chi connectivity index (χ1) is 9.40. The predicted octanol–water partition coefficient (Wildman–Crippen LogP) is 0.782. The van der Waals surface area contributed by atoms with Crippen molar-refractivity contribution in [3.05, 3.63) is 50.3 Å². The Labute approximate surface area is 109 Å². The molecule has 11 heteroatoms. The average molecular weight is 279 g/mol. The van der Waals surface area contributed by atoms with E-state index in [2.05, 4.69) is 10.1 Å². The second kappa shape index (κ2) is 4.72. The minimum Gasteiger partial charge on any atom is -0.477 e. The van der Waals surface area contributed by atoms with Crippen LogP contribution in [0.25, 0.3) is 5.82 Å². The Kier molecular flexibility index (Phi) is 3.08. The highest BCUT2D eigenvalue weighted by atomic mass is 16.6. The van der Waals surface area contributed by atoms with Crippen LogP contribution in [-0.2, 0) is 0 Å². The Morgan fingerprint density at radius 3 is 2.50 bits per heavy atom. The molecule has 0 aliphatic carbocycles. The van der Waals surface area contributed by atoms with E-state index in [-0.39, 0.29) is 5.82 Å². The fourth-order valence-electron chi connectivity index (χ4n) is 1.42. The van der Waals surface area contributed by atoms with E-state index in [1.165, 1.54) is 6.20 Å². The number of carboxylic acid groups (broad SMARTS) is 1. The smallest absolute Gasteiger partial charge is 0.390 e. The van der Waals surface area contributed by atoms with Crippen molar-refractivity contribution in [1.82, 2.24) is 14.8 Å². The number of carbonyl (C=O) groups is 1. The van der Waals surface area contributed by atoms with Crippen molar-refractivity contribution >= 4 is 17.5 Å². The quantitative estimate of drug-likeness (QED) is 0.635. The van der Waals surface area contributed by atoms with Crippen molar-refractivity contribution in [2.24, 2.45) is 0 Å². The maximum atomic E-state index is 11.0. The molecule has 0 unspecified atom stereocenters. The number of rotatable bonds is 4. The molecule has 0 aromatic carbocycles. The van der Waals surface area contributed by atoms with Crippen LogP contribution in [0.5, 0.6) is 0 Å². The molecule has 0 atom stereocenters. The van der Waals surface area contributed by atoms with Gasteiger partial charge >= 0.3 is 17.5 Å². The van der Waals surface area contributed by atoms with E-state index in [1.807, 2.05) is 0 Å². The van der Waals surface area contributed by atoms with Gasteiger partial charge < -0.3 is 15.2 Å². The summed E-state index contributed by atoms with van der Waals surface area (Å²) in [5.74, 6) is -2.05. The first-order valence-corrected chi connectivity index (χ1v) is 4.98. The Bertz CT molecular complexity index is 723. The Morgan fingerprint density at radius 1 is 1.30 bits per heavy atom. The zero-order valence-electron chi connectivity index (χ0n) is 9.53. The van der Waals surface area contributed by atoms with Crippen LogP contribution in [0.15, 0.2) is 24.5 Å². The molecule has 0 saturated heterocycles. The SMILES string of the molecule is O=C(O)c1cc(-n2ccc([N+](=O)[O-])n2)ncc1[N+](=O)[O-]. The number of nitrogens with zero attached hydrogens (tertiary/aromatic N) is 5. The molecular weight excluding hydrogens is 274 g/mol. The molecule has 0 fully saturated rings. The summed E-state index contributed by atoms with van der Waals surface area (Å²) in [6.45, 7) is 0. The van der Waals surface area contributed by atoms with Crippen LogP contribution in [0.1, 0.15) is 10.4 Å². The summed E-state index contributed by atoms with van der Waals surface area (Å²) in [6, 6.07) is 2.00. The highest BCUT2D eigenvalue weighted by molar-refractivity contribution is 5.92. The number of nitro groups is 2. The fraction of sp³-hybridized carbons (Fsp3) is 0. The van der Waals surface area contributed by atoms with Crippen LogP contribution < -0.4 is 0 Å². The molecule has 0 amide bonds. The molecule has 2 aromatic heterocycles. The standard InChI is InChI=1S/C9H5N5O6/c15-9(16)5-3-8(10-4-6(5)13(17)18)12-2-1-7(11-12)14(19)20/h1-4H,(H,15,16). The van der Waals surface area contributed by atoms with Crippen molar-refractivity contribution in [2.45, 2.75) is 0 Å². The van der Waals surface area contributed by atoms with Crippen LogP contribution in [0.4, 0.5) is 11.5 Å². The van der Waals surface area contributed by atoms with Crippen molar-refractivity contribution < 1.29 is 19.7 Å². The molecule has 20 heavy (non-hydrogen) atoms. The van der Waals surface area contributed by atoms with E-state index >= 15 is 0 Å². The summed E-state index contributed by atoms with van der Waals surface area (Å²) in [5, 5.41) is 33.6. The van der Waals surface area contributed by atoms with Crippen molar-refractivity contribution in [1.29, 1.82) is 0 Å². The summed E-state index contributed by atoms with van der Waals surface area (Å²) in [5.41, 5.74) is -1.26. The topological polar surface area (TPSA) is 154 Å². The maximum absolute atomic E-state index is 11.0. The second-order valence-electron chi connectivity index (χ2n) is 3.50. The number of carboxylic acids is 1. The highest BCUT2D eigenvalue weighted by Crippen LogP contribution is 2.20. The molecule has 0 bridgehead atoms. The summed E-state index contributed by atoms with van der Waals surface area (Å²) in [6.07, 6.45) is 1.95. The van der Waals surface area contributed by atoms with Crippen molar-refractivity contribution in [2.75, 3.05) is 0 Å². The van der Waals surface area contributed by atoms with Crippen LogP contribution in [0.3, 0.4) is 0 Å². The Balaban J connectivity index is 2.52. The lowest BCUT2D eigenvalue weighted by atomic mass is 10.2. The van der Waals surface area contributed by atoms with E-state index in [4.69, 9.17) is 5.11 Å². The number of hydrogen-bond donors (Lipinski definition) is 1. The molecule has 0 aliphatic rings. The molecule has 2 heterocycles. The molecular formula is C9H5N5O6. The molecule has 0 aliphatic heterocycles. The lowest BCUT2D eigenvalue weighted by Crippen LogP contribution is -2.07. The van der Waals surface area contributed by atoms with Gasteiger partial charge in [0.25, 0.3) is 0 Å². The number of hydrogen-bond acceptors (Lipinski definition) is 7. The average Bonchev–Trinajstić information content (AvgIpc) is 2.87. The monoisotopic (exact) mass is 279 g/mol. The lowest BCUT2D eigenvalue weighted by Gasteiger charge is -2.00. The van der Waals surface area contributed by atoms with Gasteiger partial charge in [-0.2, -0.15) is 0 Å². The van der Waals surface area contributed by atoms with E-state index in [1.54, 1.807) is 0 Å². The summed E-state index contributed by atoms with van der Waals surface area (Å²) in [7, 11) is 0. The van der Waals surface area contributed by atoms with E-state index in [0.717, 1.165) is 23.0 Å². The van der Waals surface area contributed by atoms with E-state index in [9.17, 15) is 25.0 Å². The summed E-state index contributed by atoms with van der Waals surface area (Å²) >= 11 is 0. The van der Waals surface area contributed by atoms with Crippen molar-refractivity contribution in [3.63, 3.8) is 0 Å². The third-order valence-corrected chi connectivity index (χ3v) is 2.29. The van der Waals surface area contributed by atoms with Gasteiger partial charge in [-0.1, -0.05) is 0 Å². The van der Waals surface area contributed by atoms with Crippen LogP contribution in [-0.4, -0.2) is 35.7 Å². The van der Waals surface area contributed by atoms with Gasteiger partial charge in [-0.05, 0) is 4.92 Å². The first-order valence-electron chi connectivity index (χ1n) is 4.98. The number of aromatic carboxylic acids is 1. The Hall–Kier alpha value is -3.37. The van der Waals surface area contributed by atoms with Gasteiger partial charge in [0, 0.05) is 6.07 Å². The molecule has 2 aromatic rings. The highest BCUT2D eigenvalue weighted by Gasteiger charge is 2.23. The maximum Gasteiger partial charge on any atom is 0.390 e. The molecule has 102 valence electrons. The van der Waals surface area contributed by atoms with Gasteiger partial charge in [0.15, 0.2) is 5.82 Å². The molecule has 2 rings (SSSR count). The predicted molar refractivity (Wildman–Crippen MR) is 61.6 cm³/mol. The molecule has 0 radical (unpaired) electrons. The van der Waals surface area contributed by atoms with Crippen LogP contribution in [0.2, 0.25) is 0 Å². The zero-order chi connectivity index (χ0) is 14.9.